The van der Waals surface area contributed by atoms with Crippen molar-refractivity contribution in [2.24, 2.45) is 0 Å². The maximum absolute atomic E-state index is 12.2. The fourth-order valence-corrected chi connectivity index (χ4v) is 2.68. The molecule has 25 heavy (non-hydrogen) atoms. The molecule has 0 saturated carbocycles. The topological polar surface area (TPSA) is 88.6 Å². The molecule has 0 saturated heterocycles. The molecule has 0 radical (unpaired) electrons. The summed E-state index contributed by atoms with van der Waals surface area (Å²) in [5, 5.41) is 2.77. The van der Waals surface area contributed by atoms with Gasteiger partial charge in [0.1, 0.15) is 5.75 Å². The van der Waals surface area contributed by atoms with Crippen LogP contribution < -0.4 is 10.1 Å². The molecule has 7 nitrogen and oxygen atoms in total. The highest BCUT2D eigenvalue weighted by Crippen LogP contribution is 2.21. The van der Waals surface area contributed by atoms with Crippen molar-refractivity contribution in [2.45, 2.75) is 13.0 Å². The Morgan fingerprint density at radius 2 is 1.92 bits per heavy atom. The van der Waals surface area contributed by atoms with E-state index < -0.39 is 5.91 Å². The lowest BCUT2D eigenvalue weighted by atomic mass is 10.2. The van der Waals surface area contributed by atoms with Gasteiger partial charge >= 0.3 is 0 Å². The van der Waals surface area contributed by atoms with Crippen molar-refractivity contribution >= 4 is 17.7 Å². The van der Waals surface area contributed by atoms with Crippen LogP contribution in [-0.2, 0) is 11.3 Å². The second kappa shape index (κ2) is 7.12. The number of aromatic nitrogens is 1. The van der Waals surface area contributed by atoms with Gasteiger partial charge < -0.3 is 10.1 Å². The molecule has 1 N–H and O–H groups in total. The van der Waals surface area contributed by atoms with Crippen LogP contribution in [0.3, 0.4) is 0 Å². The summed E-state index contributed by atoms with van der Waals surface area (Å²) < 4.78 is 5.23. The Bertz CT molecular complexity index is 800. The molecule has 0 aliphatic carbocycles. The number of carbonyl (C=O) groups is 3. The molecule has 0 fully saturated rings. The number of rotatable bonds is 6. The first-order valence-electron chi connectivity index (χ1n) is 7.80. The van der Waals surface area contributed by atoms with Crippen LogP contribution in [0.2, 0.25) is 0 Å². The molecule has 2 heterocycles. The van der Waals surface area contributed by atoms with Gasteiger partial charge in [0, 0.05) is 37.5 Å². The zero-order valence-electron chi connectivity index (χ0n) is 13.7. The standard InChI is InChI=1S/C18H17N3O4/c1-25-15-5-3-2-4-12(15)10-20-16(22)7-9-21-17(23)13-6-8-19-11-14(13)18(21)24/h2-6,8,11H,7,9-10H2,1H3,(H,20,22). The highest BCUT2D eigenvalue weighted by Gasteiger charge is 2.35. The molecule has 1 aliphatic heterocycles. The zero-order valence-corrected chi connectivity index (χ0v) is 13.7. The number of pyridine rings is 1. The summed E-state index contributed by atoms with van der Waals surface area (Å²) in [6, 6.07) is 8.89. The van der Waals surface area contributed by atoms with Gasteiger partial charge in [-0.3, -0.25) is 24.3 Å². The number of benzene rings is 1. The molecule has 1 aliphatic rings. The number of ether oxygens (including phenoxy) is 1. The molecule has 0 bridgehead atoms. The number of hydrogen-bond donors (Lipinski definition) is 1. The fraction of sp³-hybridized carbons (Fsp3) is 0.222. The number of para-hydroxylation sites is 1. The molecule has 0 unspecified atom stereocenters. The van der Waals surface area contributed by atoms with E-state index in [-0.39, 0.29) is 30.3 Å². The van der Waals surface area contributed by atoms with Crippen LogP contribution in [-0.4, -0.2) is 41.3 Å². The second-order valence-electron chi connectivity index (χ2n) is 5.52. The lowest BCUT2D eigenvalue weighted by molar-refractivity contribution is -0.121. The van der Waals surface area contributed by atoms with Crippen LogP contribution in [0.5, 0.6) is 5.75 Å². The van der Waals surface area contributed by atoms with Gasteiger partial charge in [0.05, 0.1) is 18.2 Å². The van der Waals surface area contributed by atoms with Gasteiger partial charge in [0.25, 0.3) is 11.8 Å². The van der Waals surface area contributed by atoms with Crippen LogP contribution in [0.25, 0.3) is 0 Å². The maximum Gasteiger partial charge on any atom is 0.263 e. The summed E-state index contributed by atoms with van der Waals surface area (Å²) >= 11 is 0. The van der Waals surface area contributed by atoms with Crippen LogP contribution in [0.4, 0.5) is 0 Å². The number of imide groups is 1. The second-order valence-corrected chi connectivity index (χ2v) is 5.52. The summed E-state index contributed by atoms with van der Waals surface area (Å²) in [6.45, 7) is 0.346. The average Bonchev–Trinajstić information content (AvgIpc) is 2.89. The number of nitrogens with zero attached hydrogens (tertiary/aromatic N) is 2. The summed E-state index contributed by atoms with van der Waals surface area (Å²) in [7, 11) is 1.57. The van der Waals surface area contributed by atoms with E-state index in [1.807, 2.05) is 24.3 Å². The maximum atomic E-state index is 12.2. The summed E-state index contributed by atoms with van der Waals surface area (Å²) in [6.07, 6.45) is 2.87. The minimum absolute atomic E-state index is 0.0318. The van der Waals surface area contributed by atoms with Gasteiger partial charge in [-0.05, 0) is 12.1 Å². The zero-order chi connectivity index (χ0) is 17.8. The molecule has 128 valence electrons. The van der Waals surface area contributed by atoms with Crippen LogP contribution in [0, 0.1) is 0 Å². The van der Waals surface area contributed by atoms with Crippen molar-refractivity contribution in [1.82, 2.24) is 15.2 Å². The van der Waals surface area contributed by atoms with E-state index in [0.29, 0.717) is 17.9 Å². The van der Waals surface area contributed by atoms with Crippen LogP contribution >= 0.6 is 0 Å². The third-order valence-electron chi connectivity index (χ3n) is 4.00. The Hall–Kier alpha value is -3.22. The Balaban J connectivity index is 1.55. The van der Waals surface area contributed by atoms with Crippen LogP contribution in [0.15, 0.2) is 42.7 Å². The van der Waals surface area contributed by atoms with E-state index in [2.05, 4.69) is 10.3 Å². The van der Waals surface area contributed by atoms with E-state index in [0.717, 1.165) is 10.5 Å². The predicted octanol–water partition coefficient (Wildman–Crippen LogP) is 1.39. The molecule has 1 aromatic heterocycles. The monoisotopic (exact) mass is 339 g/mol. The normalized spacial score (nSPS) is 12.9. The number of carbonyl (C=O) groups excluding carboxylic acids is 3. The fourth-order valence-electron chi connectivity index (χ4n) is 2.68. The summed E-state index contributed by atoms with van der Waals surface area (Å²) in [5.74, 6) is -0.359. The third kappa shape index (κ3) is 3.35. The molecule has 2 aromatic rings. The van der Waals surface area contributed by atoms with E-state index in [9.17, 15) is 14.4 Å². The number of fused-ring (bicyclic) bond motifs is 1. The van der Waals surface area contributed by atoms with E-state index in [1.54, 1.807) is 7.11 Å². The van der Waals surface area contributed by atoms with Crippen LogP contribution in [0.1, 0.15) is 32.7 Å². The lowest BCUT2D eigenvalue weighted by Gasteiger charge is -2.14. The lowest BCUT2D eigenvalue weighted by Crippen LogP contribution is -2.34. The molecule has 1 aromatic carbocycles. The Kier molecular flexibility index (Phi) is 4.74. The van der Waals surface area contributed by atoms with Gasteiger partial charge in [-0.1, -0.05) is 18.2 Å². The Morgan fingerprint density at radius 3 is 2.68 bits per heavy atom. The molecule has 0 atom stereocenters. The summed E-state index contributed by atoms with van der Waals surface area (Å²) in [4.78, 5) is 41.4. The van der Waals surface area contributed by atoms with Crippen molar-refractivity contribution in [3.05, 3.63) is 59.4 Å². The van der Waals surface area contributed by atoms with Gasteiger partial charge in [-0.15, -0.1) is 0 Å². The highest BCUT2D eigenvalue weighted by atomic mass is 16.5. The Morgan fingerprint density at radius 1 is 1.16 bits per heavy atom. The largest absolute Gasteiger partial charge is 0.496 e. The van der Waals surface area contributed by atoms with Crippen molar-refractivity contribution in [3.63, 3.8) is 0 Å². The molecule has 3 rings (SSSR count). The van der Waals surface area contributed by atoms with Crippen molar-refractivity contribution in [3.8, 4) is 5.75 Å². The molecule has 3 amide bonds. The number of hydrogen-bond acceptors (Lipinski definition) is 5. The number of methoxy groups -OCH3 is 1. The van der Waals surface area contributed by atoms with Gasteiger partial charge in [-0.2, -0.15) is 0 Å². The smallest absolute Gasteiger partial charge is 0.263 e. The first-order chi connectivity index (χ1) is 12.1. The van der Waals surface area contributed by atoms with Gasteiger partial charge in [0.15, 0.2) is 0 Å². The highest BCUT2D eigenvalue weighted by molar-refractivity contribution is 6.21. The van der Waals surface area contributed by atoms with Gasteiger partial charge in [-0.25, -0.2) is 0 Å². The molecular formula is C18H17N3O4. The van der Waals surface area contributed by atoms with Crippen molar-refractivity contribution in [1.29, 1.82) is 0 Å². The average molecular weight is 339 g/mol. The predicted molar refractivity (Wildman–Crippen MR) is 89.1 cm³/mol. The van der Waals surface area contributed by atoms with Crippen molar-refractivity contribution in [2.75, 3.05) is 13.7 Å². The van der Waals surface area contributed by atoms with Crippen molar-refractivity contribution < 1.29 is 19.1 Å². The minimum Gasteiger partial charge on any atom is -0.496 e. The third-order valence-corrected chi connectivity index (χ3v) is 4.00. The molecular weight excluding hydrogens is 322 g/mol. The number of nitrogens with one attached hydrogen (secondary N) is 1. The van der Waals surface area contributed by atoms with E-state index in [1.165, 1.54) is 18.5 Å². The first-order valence-corrected chi connectivity index (χ1v) is 7.80. The summed E-state index contributed by atoms with van der Waals surface area (Å²) in [5.41, 5.74) is 1.46. The van der Waals surface area contributed by atoms with E-state index in [4.69, 9.17) is 4.74 Å². The minimum atomic E-state index is -0.411. The SMILES string of the molecule is COc1ccccc1CNC(=O)CCN1C(=O)c2ccncc2C1=O. The first kappa shape index (κ1) is 16.6. The number of amides is 3. The molecule has 7 heteroatoms. The quantitative estimate of drug-likeness (QED) is 0.804. The Labute approximate surface area is 144 Å². The molecule has 0 spiro atoms. The van der Waals surface area contributed by atoms with E-state index >= 15 is 0 Å². The van der Waals surface area contributed by atoms with Gasteiger partial charge in [0.2, 0.25) is 5.91 Å².